The molecule has 1 aliphatic rings. The van der Waals surface area contributed by atoms with E-state index in [1.807, 2.05) is 30.3 Å². The molecular formula is C24H24N4O4. The van der Waals surface area contributed by atoms with Crippen LogP contribution in [0.15, 0.2) is 72.4 Å². The van der Waals surface area contributed by atoms with Crippen LogP contribution < -0.4 is 0 Å². The number of carbonyl (C=O) groups excluding carboxylic acids is 3. The van der Waals surface area contributed by atoms with E-state index < -0.39 is 23.8 Å². The van der Waals surface area contributed by atoms with Crippen LogP contribution in [0, 0.1) is 0 Å². The number of amides is 2. The Kier molecular flexibility index (Phi) is 7.78. The van der Waals surface area contributed by atoms with Crippen molar-refractivity contribution >= 4 is 17.8 Å². The predicted octanol–water partition coefficient (Wildman–Crippen LogP) is 4.82. The number of imide groups is 1. The average Bonchev–Trinajstić information content (AvgIpc) is 3.06. The minimum Gasteiger partial charge on any atom is -0.459 e. The van der Waals surface area contributed by atoms with Gasteiger partial charge in [-0.2, -0.15) is 0 Å². The molecule has 164 valence electrons. The Hall–Kier alpha value is -3.90. The fourth-order valence-electron chi connectivity index (χ4n) is 3.70. The number of azide groups is 1. The Labute approximate surface area is 186 Å². The normalized spacial score (nSPS) is 14.3. The maximum Gasteiger partial charge on any atom is 0.329 e. The molecule has 0 radical (unpaired) electrons. The minimum atomic E-state index is -1.07. The molecule has 2 amide bonds. The number of esters is 1. The molecule has 0 saturated carbocycles. The smallest absolute Gasteiger partial charge is 0.329 e. The third-order valence-electron chi connectivity index (χ3n) is 5.30. The number of nitrogens with zero attached hydrogens (tertiary/aromatic N) is 4. The standard InChI is InChI=1S/C24H24N4O4/c1-2-9-18(26-27-25)12-8-15-21(24(31)32-16-17-10-4-3-5-11-17)28-22(29)19-13-6-7-14-20(19)23(28)30/h2-7,10-11,13-14,18,21H,1,8-9,12,15-16H2/t18?,21-/m0/s1. The molecule has 2 aromatic carbocycles. The van der Waals surface area contributed by atoms with Gasteiger partial charge in [0, 0.05) is 11.0 Å². The van der Waals surface area contributed by atoms with E-state index in [9.17, 15) is 14.4 Å². The van der Waals surface area contributed by atoms with Gasteiger partial charge in [0.05, 0.1) is 11.1 Å². The van der Waals surface area contributed by atoms with Crippen LogP contribution in [0.1, 0.15) is 52.0 Å². The Morgan fingerprint density at radius 3 is 2.28 bits per heavy atom. The van der Waals surface area contributed by atoms with Gasteiger partial charge >= 0.3 is 5.97 Å². The zero-order chi connectivity index (χ0) is 22.9. The zero-order valence-electron chi connectivity index (χ0n) is 17.6. The number of ether oxygens (including phenoxy) is 1. The molecule has 0 aliphatic carbocycles. The maximum atomic E-state index is 13.0. The Balaban J connectivity index is 1.77. The molecule has 1 aliphatic heterocycles. The number of hydrogen-bond donors (Lipinski definition) is 0. The van der Waals surface area contributed by atoms with E-state index in [1.54, 1.807) is 30.3 Å². The van der Waals surface area contributed by atoms with Crippen molar-refractivity contribution in [2.24, 2.45) is 5.11 Å². The first-order valence-corrected chi connectivity index (χ1v) is 10.4. The number of benzene rings is 2. The fraction of sp³-hybridized carbons (Fsp3) is 0.292. The Morgan fingerprint density at radius 1 is 1.06 bits per heavy atom. The fourth-order valence-corrected chi connectivity index (χ4v) is 3.70. The SMILES string of the molecule is C=CCC(CCC[C@@H](C(=O)OCc1ccccc1)N1C(=O)c2ccccc2C1=O)N=[N+]=[N-]. The van der Waals surface area contributed by atoms with Crippen molar-refractivity contribution in [2.45, 2.75) is 44.4 Å². The van der Waals surface area contributed by atoms with Crippen molar-refractivity contribution in [3.05, 3.63) is 94.4 Å². The van der Waals surface area contributed by atoms with Crippen molar-refractivity contribution in [1.82, 2.24) is 4.90 Å². The van der Waals surface area contributed by atoms with Gasteiger partial charge in [-0.1, -0.05) is 60.1 Å². The minimum absolute atomic E-state index is 0.0388. The van der Waals surface area contributed by atoms with E-state index in [4.69, 9.17) is 10.3 Å². The second-order valence-electron chi connectivity index (χ2n) is 7.45. The molecule has 2 aromatic rings. The van der Waals surface area contributed by atoms with Gasteiger partial charge in [-0.25, -0.2) is 4.79 Å². The van der Waals surface area contributed by atoms with Gasteiger partial charge in [0.2, 0.25) is 0 Å². The molecule has 2 atom stereocenters. The van der Waals surface area contributed by atoms with E-state index in [0.29, 0.717) is 19.3 Å². The van der Waals surface area contributed by atoms with Gasteiger partial charge in [-0.15, -0.1) is 6.58 Å². The number of hydrogen-bond acceptors (Lipinski definition) is 5. The molecule has 0 spiro atoms. The summed E-state index contributed by atoms with van der Waals surface area (Å²) in [6, 6.07) is 14.3. The molecular weight excluding hydrogens is 408 g/mol. The van der Waals surface area contributed by atoms with Crippen molar-refractivity contribution in [3.63, 3.8) is 0 Å². The molecule has 1 unspecified atom stereocenters. The van der Waals surface area contributed by atoms with E-state index in [2.05, 4.69) is 16.6 Å². The lowest BCUT2D eigenvalue weighted by atomic mass is 10.0. The number of carbonyl (C=O) groups is 3. The van der Waals surface area contributed by atoms with E-state index in [1.165, 1.54) is 0 Å². The molecule has 0 fully saturated rings. The van der Waals surface area contributed by atoms with Gasteiger partial charge in [-0.3, -0.25) is 14.5 Å². The maximum absolute atomic E-state index is 13.0. The molecule has 8 nitrogen and oxygen atoms in total. The van der Waals surface area contributed by atoms with E-state index >= 15 is 0 Å². The third-order valence-corrected chi connectivity index (χ3v) is 5.30. The summed E-state index contributed by atoms with van der Waals surface area (Å²) in [5.74, 6) is -1.66. The van der Waals surface area contributed by atoms with Crippen LogP contribution in [0.3, 0.4) is 0 Å². The van der Waals surface area contributed by atoms with E-state index in [0.717, 1.165) is 10.5 Å². The highest BCUT2D eigenvalue weighted by atomic mass is 16.5. The predicted molar refractivity (Wildman–Crippen MR) is 119 cm³/mol. The van der Waals surface area contributed by atoms with Crippen LogP contribution >= 0.6 is 0 Å². The summed E-state index contributed by atoms with van der Waals surface area (Å²) < 4.78 is 5.47. The van der Waals surface area contributed by atoms with Crippen molar-refractivity contribution < 1.29 is 19.1 Å². The van der Waals surface area contributed by atoms with Gasteiger partial charge < -0.3 is 4.74 Å². The van der Waals surface area contributed by atoms with Crippen LogP contribution in [-0.2, 0) is 16.1 Å². The summed E-state index contributed by atoms with van der Waals surface area (Å²) in [5, 5.41) is 3.74. The highest BCUT2D eigenvalue weighted by molar-refractivity contribution is 6.22. The summed E-state index contributed by atoms with van der Waals surface area (Å²) in [7, 11) is 0. The highest BCUT2D eigenvalue weighted by Gasteiger charge is 2.43. The first kappa shape index (κ1) is 22.8. The van der Waals surface area contributed by atoms with Crippen LogP contribution in [0.2, 0.25) is 0 Å². The lowest BCUT2D eigenvalue weighted by molar-refractivity contribution is -0.150. The largest absolute Gasteiger partial charge is 0.459 e. The van der Waals surface area contributed by atoms with Crippen LogP contribution in [0.5, 0.6) is 0 Å². The Bertz CT molecular complexity index is 1010. The van der Waals surface area contributed by atoms with Gasteiger partial charge in [0.15, 0.2) is 0 Å². The summed E-state index contributed by atoms with van der Waals surface area (Å²) >= 11 is 0. The van der Waals surface area contributed by atoms with Crippen LogP contribution in [0.4, 0.5) is 0 Å². The highest BCUT2D eigenvalue weighted by Crippen LogP contribution is 2.27. The molecule has 3 rings (SSSR count). The first-order chi connectivity index (χ1) is 15.6. The Morgan fingerprint density at radius 2 is 1.69 bits per heavy atom. The summed E-state index contributed by atoms with van der Waals surface area (Å²) in [6.07, 6.45) is 3.31. The van der Waals surface area contributed by atoms with Gasteiger partial charge in [0.25, 0.3) is 11.8 Å². The second kappa shape index (κ2) is 10.9. The second-order valence-corrected chi connectivity index (χ2v) is 7.45. The third kappa shape index (κ3) is 5.22. The first-order valence-electron chi connectivity index (χ1n) is 10.4. The zero-order valence-corrected chi connectivity index (χ0v) is 17.6. The average molecular weight is 432 g/mol. The number of rotatable bonds is 11. The quantitative estimate of drug-likeness (QED) is 0.126. The molecule has 0 N–H and O–H groups in total. The number of fused-ring (bicyclic) bond motifs is 1. The molecule has 0 aromatic heterocycles. The van der Waals surface area contributed by atoms with E-state index in [-0.39, 0.29) is 30.2 Å². The molecule has 32 heavy (non-hydrogen) atoms. The van der Waals surface area contributed by atoms with Crippen molar-refractivity contribution in [2.75, 3.05) is 0 Å². The van der Waals surface area contributed by atoms with Gasteiger partial charge in [0.1, 0.15) is 12.6 Å². The topological polar surface area (TPSA) is 112 Å². The van der Waals surface area contributed by atoms with Crippen molar-refractivity contribution in [1.29, 1.82) is 0 Å². The summed E-state index contributed by atoms with van der Waals surface area (Å²) in [6.45, 7) is 3.70. The molecule has 8 heteroatoms. The lowest BCUT2D eigenvalue weighted by Crippen LogP contribution is -2.45. The summed E-state index contributed by atoms with van der Waals surface area (Å²) in [4.78, 5) is 42.7. The van der Waals surface area contributed by atoms with Crippen molar-refractivity contribution in [3.8, 4) is 0 Å². The molecule has 0 bridgehead atoms. The van der Waals surface area contributed by atoms with Crippen LogP contribution in [-0.4, -0.2) is 34.8 Å². The molecule has 0 saturated heterocycles. The molecule has 1 heterocycles. The lowest BCUT2D eigenvalue weighted by Gasteiger charge is -2.25. The van der Waals surface area contributed by atoms with Gasteiger partial charge in [-0.05, 0) is 42.5 Å². The monoisotopic (exact) mass is 432 g/mol. The summed E-state index contributed by atoms with van der Waals surface area (Å²) in [5.41, 5.74) is 10.1. The van der Waals surface area contributed by atoms with Crippen LogP contribution in [0.25, 0.3) is 10.4 Å².